The van der Waals surface area contributed by atoms with Crippen LogP contribution in [0.15, 0.2) is 18.2 Å². The zero-order chi connectivity index (χ0) is 12.5. The summed E-state index contributed by atoms with van der Waals surface area (Å²) in [6, 6.07) is 7.13. The molecular formula is C15H22N2O. The van der Waals surface area contributed by atoms with E-state index < -0.39 is 0 Å². The third-order valence-electron chi connectivity index (χ3n) is 4.03. The lowest BCUT2D eigenvalue weighted by molar-refractivity contribution is 0.106. The third kappa shape index (κ3) is 2.38. The van der Waals surface area contributed by atoms with Crippen LogP contribution in [0, 0.1) is 6.92 Å². The van der Waals surface area contributed by atoms with Crippen molar-refractivity contribution in [2.45, 2.75) is 32.4 Å². The van der Waals surface area contributed by atoms with Gasteiger partial charge in [-0.15, -0.1) is 0 Å². The predicted octanol–water partition coefficient (Wildman–Crippen LogP) is 1.59. The van der Waals surface area contributed by atoms with Gasteiger partial charge in [0.2, 0.25) is 0 Å². The quantitative estimate of drug-likeness (QED) is 0.857. The lowest BCUT2D eigenvalue weighted by Gasteiger charge is -2.35. The van der Waals surface area contributed by atoms with Gasteiger partial charge in [-0.1, -0.05) is 17.7 Å². The van der Waals surface area contributed by atoms with E-state index in [1.165, 1.54) is 11.1 Å². The van der Waals surface area contributed by atoms with Crippen LogP contribution in [0.4, 0.5) is 0 Å². The summed E-state index contributed by atoms with van der Waals surface area (Å²) in [5, 5.41) is 3.43. The molecule has 2 heterocycles. The lowest BCUT2D eigenvalue weighted by atomic mass is 10.1. The number of rotatable bonds is 2. The zero-order valence-corrected chi connectivity index (χ0v) is 11.3. The van der Waals surface area contributed by atoms with Gasteiger partial charge in [0, 0.05) is 38.6 Å². The van der Waals surface area contributed by atoms with Crippen molar-refractivity contribution >= 4 is 0 Å². The Morgan fingerprint density at radius 1 is 1.44 bits per heavy atom. The second-order valence-corrected chi connectivity index (χ2v) is 5.60. The van der Waals surface area contributed by atoms with Crippen molar-refractivity contribution in [3.8, 4) is 5.75 Å². The van der Waals surface area contributed by atoms with E-state index in [0.717, 1.165) is 38.3 Å². The molecular weight excluding hydrogens is 224 g/mol. The number of benzene rings is 1. The molecule has 3 heteroatoms. The van der Waals surface area contributed by atoms with Crippen molar-refractivity contribution in [1.82, 2.24) is 10.2 Å². The van der Waals surface area contributed by atoms with Crippen LogP contribution in [0.2, 0.25) is 0 Å². The fourth-order valence-corrected chi connectivity index (χ4v) is 2.97. The molecule has 1 saturated heterocycles. The van der Waals surface area contributed by atoms with Gasteiger partial charge in [0.1, 0.15) is 11.9 Å². The first-order valence-corrected chi connectivity index (χ1v) is 6.93. The molecule has 2 atom stereocenters. The number of fused-ring (bicyclic) bond motifs is 1. The molecule has 0 spiro atoms. The number of aryl methyl sites for hydroxylation is 1. The smallest absolute Gasteiger partial charge is 0.123 e. The Morgan fingerprint density at radius 2 is 2.33 bits per heavy atom. The molecule has 1 fully saturated rings. The molecule has 0 amide bonds. The van der Waals surface area contributed by atoms with Gasteiger partial charge in [-0.3, -0.25) is 4.90 Å². The highest BCUT2D eigenvalue weighted by Crippen LogP contribution is 2.30. The summed E-state index contributed by atoms with van der Waals surface area (Å²) >= 11 is 0. The van der Waals surface area contributed by atoms with Crippen LogP contribution >= 0.6 is 0 Å². The van der Waals surface area contributed by atoms with Crippen molar-refractivity contribution in [3.05, 3.63) is 29.3 Å². The van der Waals surface area contributed by atoms with Gasteiger partial charge in [0.05, 0.1) is 0 Å². The molecule has 0 aromatic heterocycles. The summed E-state index contributed by atoms with van der Waals surface area (Å²) in [4.78, 5) is 2.54. The van der Waals surface area contributed by atoms with Crippen molar-refractivity contribution in [1.29, 1.82) is 0 Å². The molecule has 0 saturated carbocycles. The zero-order valence-electron chi connectivity index (χ0n) is 11.3. The fourth-order valence-electron chi connectivity index (χ4n) is 2.97. The van der Waals surface area contributed by atoms with E-state index in [1.54, 1.807) is 0 Å². The number of piperazine rings is 1. The first kappa shape index (κ1) is 12.0. The Hall–Kier alpha value is -1.06. The second kappa shape index (κ2) is 4.90. The summed E-state index contributed by atoms with van der Waals surface area (Å²) in [6.45, 7) is 8.82. The minimum absolute atomic E-state index is 0.336. The highest BCUT2D eigenvalue weighted by atomic mass is 16.5. The minimum atomic E-state index is 0.336. The van der Waals surface area contributed by atoms with E-state index in [4.69, 9.17) is 4.74 Å². The van der Waals surface area contributed by atoms with Crippen LogP contribution < -0.4 is 10.1 Å². The maximum atomic E-state index is 6.05. The van der Waals surface area contributed by atoms with Crippen molar-refractivity contribution in [3.63, 3.8) is 0 Å². The monoisotopic (exact) mass is 246 g/mol. The van der Waals surface area contributed by atoms with Crippen molar-refractivity contribution < 1.29 is 4.74 Å². The van der Waals surface area contributed by atoms with E-state index in [-0.39, 0.29) is 0 Å². The van der Waals surface area contributed by atoms with Gasteiger partial charge in [0.15, 0.2) is 0 Å². The molecule has 3 nitrogen and oxygen atoms in total. The topological polar surface area (TPSA) is 24.5 Å². The Bertz CT molecular complexity index is 433. The summed E-state index contributed by atoms with van der Waals surface area (Å²) < 4.78 is 6.05. The van der Waals surface area contributed by atoms with Crippen LogP contribution in [0.3, 0.4) is 0 Å². The van der Waals surface area contributed by atoms with E-state index >= 15 is 0 Å². The number of ether oxygens (including phenoxy) is 1. The summed E-state index contributed by atoms with van der Waals surface area (Å²) in [5.74, 6) is 1.09. The second-order valence-electron chi connectivity index (χ2n) is 5.60. The molecule has 3 rings (SSSR count). The number of hydrogen-bond acceptors (Lipinski definition) is 3. The van der Waals surface area contributed by atoms with Gasteiger partial charge < -0.3 is 10.1 Å². The minimum Gasteiger partial charge on any atom is -0.488 e. The van der Waals surface area contributed by atoms with E-state index in [9.17, 15) is 0 Å². The molecule has 1 aromatic rings. The molecule has 0 aliphatic carbocycles. The molecule has 1 aromatic carbocycles. The van der Waals surface area contributed by atoms with Gasteiger partial charge >= 0.3 is 0 Å². The number of nitrogens with one attached hydrogen (secondary N) is 1. The number of nitrogens with zero attached hydrogens (tertiary/aromatic N) is 1. The average Bonchev–Trinajstić information content (AvgIpc) is 2.73. The van der Waals surface area contributed by atoms with Crippen LogP contribution in [0.5, 0.6) is 5.75 Å². The molecule has 0 bridgehead atoms. The average molecular weight is 246 g/mol. The molecule has 18 heavy (non-hydrogen) atoms. The highest BCUT2D eigenvalue weighted by molar-refractivity contribution is 5.40. The van der Waals surface area contributed by atoms with Crippen molar-refractivity contribution in [2.75, 3.05) is 26.2 Å². The fraction of sp³-hybridized carbons (Fsp3) is 0.600. The first-order valence-electron chi connectivity index (χ1n) is 6.93. The molecule has 98 valence electrons. The molecule has 2 aliphatic heterocycles. The SMILES string of the molecule is Cc1ccc2c(c1)CC(CN1CCNC[C@@H]1C)O2. The molecule has 2 aliphatic rings. The third-order valence-corrected chi connectivity index (χ3v) is 4.03. The lowest BCUT2D eigenvalue weighted by Crippen LogP contribution is -2.52. The Kier molecular flexibility index (Phi) is 3.27. The predicted molar refractivity (Wildman–Crippen MR) is 73.2 cm³/mol. The molecule has 0 radical (unpaired) electrons. The standard InChI is InChI=1S/C15H22N2O/c1-11-3-4-15-13(7-11)8-14(18-15)10-17-6-5-16-9-12(17)2/h3-4,7,12,14,16H,5-6,8-10H2,1-2H3/t12-,14?/m0/s1. The van der Waals surface area contributed by atoms with Crippen LogP contribution in [0.25, 0.3) is 0 Å². The van der Waals surface area contributed by atoms with Crippen LogP contribution in [-0.4, -0.2) is 43.2 Å². The van der Waals surface area contributed by atoms with Crippen LogP contribution in [0.1, 0.15) is 18.1 Å². The van der Waals surface area contributed by atoms with E-state index in [2.05, 4.69) is 42.3 Å². The van der Waals surface area contributed by atoms with E-state index in [1.807, 2.05) is 0 Å². The largest absolute Gasteiger partial charge is 0.488 e. The van der Waals surface area contributed by atoms with Gasteiger partial charge in [-0.05, 0) is 25.5 Å². The van der Waals surface area contributed by atoms with Crippen LogP contribution in [-0.2, 0) is 6.42 Å². The normalized spacial score (nSPS) is 27.9. The Morgan fingerprint density at radius 3 is 3.17 bits per heavy atom. The Labute approximate surface area is 109 Å². The maximum absolute atomic E-state index is 6.05. The number of hydrogen-bond donors (Lipinski definition) is 1. The molecule has 1 N–H and O–H groups in total. The summed E-state index contributed by atoms with van der Waals surface area (Å²) in [6.07, 6.45) is 1.40. The van der Waals surface area contributed by atoms with Gasteiger partial charge in [-0.25, -0.2) is 0 Å². The summed E-state index contributed by atoms with van der Waals surface area (Å²) in [7, 11) is 0. The van der Waals surface area contributed by atoms with E-state index in [0.29, 0.717) is 12.1 Å². The van der Waals surface area contributed by atoms with Gasteiger partial charge in [0.25, 0.3) is 0 Å². The van der Waals surface area contributed by atoms with Crippen molar-refractivity contribution in [2.24, 2.45) is 0 Å². The summed E-state index contributed by atoms with van der Waals surface area (Å²) in [5.41, 5.74) is 2.70. The highest BCUT2D eigenvalue weighted by Gasteiger charge is 2.27. The maximum Gasteiger partial charge on any atom is 0.123 e. The molecule has 1 unspecified atom stereocenters. The first-order chi connectivity index (χ1) is 8.72. The van der Waals surface area contributed by atoms with Gasteiger partial charge in [-0.2, -0.15) is 0 Å². The Balaban J connectivity index is 1.63.